The fourth-order valence-corrected chi connectivity index (χ4v) is 1.51. The molecule has 0 spiro atoms. The number of pyridine rings is 1. The summed E-state index contributed by atoms with van der Waals surface area (Å²) in [6.07, 6.45) is 4.97. The van der Waals surface area contributed by atoms with E-state index in [0.29, 0.717) is 5.56 Å². The van der Waals surface area contributed by atoms with Crippen LogP contribution in [0.4, 0.5) is 4.39 Å². The Labute approximate surface area is 110 Å². The summed E-state index contributed by atoms with van der Waals surface area (Å²) >= 11 is 0. The highest BCUT2D eigenvalue weighted by Crippen LogP contribution is 1.99. The van der Waals surface area contributed by atoms with Gasteiger partial charge in [0.05, 0.1) is 6.21 Å². The van der Waals surface area contributed by atoms with Crippen LogP contribution in [0.25, 0.3) is 0 Å². The Kier molecular flexibility index (Phi) is 4.34. The topological polar surface area (TPSA) is 45.3 Å². The van der Waals surface area contributed by atoms with Crippen molar-refractivity contribution in [2.24, 2.45) is 5.10 Å². The van der Waals surface area contributed by atoms with E-state index < -0.39 is 0 Å². The molecule has 0 aliphatic heterocycles. The van der Waals surface area contributed by atoms with Gasteiger partial charge in [-0.3, -0.25) is 4.79 Å². The van der Waals surface area contributed by atoms with Gasteiger partial charge in [0.2, 0.25) is 6.54 Å². The fourth-order valence-electron chi connectivity index (χ4n) is 1.51. The van der Waals surface area contributed by atoms with Gasteiger partial charge in [0, 0.05) is 12.1 Å². The van der Waals surface area contributed by atoms with Gasteiger partial charge in [-0.1, -0.05) is 18.2 Å². The Hall–Kier alpha value is -2.56. The summed E-state index contributed by atoms with van der Waals surface area (Å²) in [7, 11) is 0. The smallest absolute Gasteiger partial charge is 0.266 e. The molecule has 1 N–H and O–H groups in total. The standard InChI is InChI=1S/C14H12FN3O/c15-13-6-4-5-12(9-13)10-16-17-14(19)11-18-7-2-1-3-8-18/h1-10H,11H2/p+1/b16-10-. The summed E-state index contributed by atoms with van der Waals surface area (Å²) in [6.45, 7) is 0.182. The number of hydrogen-bond acceptors (Lipinski definition) is 2. The van der Waals surface area contributed by atoms with Crippen LogP contribution in [0.1, 0.15) is 5.56 Å². The molecule has 1 aromatic heterocycles. The van der Waals surface area contributed by atoms with Crippen molar-refractivity contribution in [3.05, 3.63) is 66.2 Å². The summed E-state index contributed by atoms with van der Waals surface area (Å²) in [4.78, 5) is 11.5. The van der Waals surface area contributed by atoms with Crippen molar-refractivity contribution >= 4 is 12.1 Å². The maximum Gasteiger partial charge on any atom is 0.305 e. The Morgan fingerprint density at radius 2 is 2.05 bits per heavy atom. The van der Waals surface area contributed by atoms with Crippen LogP contribution in [-0.2, 0) is 11.3 Å². The zero-order valence-electron chi connectivity index (χ0n) is 10.2. The van der Waals surface area contributed by atoms with E-state index in [9.17, 15) is 9.18 Å². The maximum absolute atomic E-state index is 12.9. The molecule has 0 unspecified atom stereocenters. The van der Waals surface area contributed by atoms with Crippen molar-refractivity contribution in [2.75, 3.05) is 0 Å². The second-order valence-electron chi connectivity index (χ2n) is 3.90. The number of carbonyl (C=O) groups is 1. The predicted molar refractivity (Wildman–Crippen MR) is 68.8 cm³/mol. The van der Waals surface area contributed by atoms with Crippen LogP contribution >= 0.6 is 0 Å². The molecule has 0 bridgehead atoms. The van der Waals surface area contributed by atoms with E-state index in [4.69, 9.17) is 0 Å². The van der Waals surface area contributed by atoms with Crippen LogP contribution in [0.5, 0.6) is 0 Å². The molecule has 19 heavy (non-hydrogen) atoms. The molecule has 0 atom stereocenters. The average Bonchev–Trinajstić information content (AvgIpc) is 2.40. The van der Waals surface area contributed by atoms with Crippen molar-refractivity contribution in [2.45, 2.75) is 6.54 Å². The van der Waals surface area contributed by atoms with E-state index in [2.05, 4.69) is 10.5 Å². The first-order valence-electron chi connectivity index (χ1n) is 5.75. The third-order valence-corrected chi connectivity index (χ3v) is 2.36. The number of hydrogen-bond donors (Lipinski definition) is 1. The van der Waals surface area contributed by atoms with Gasteiger partial charge < -0.3 is 0 Å². The minimum atomic E-state index is -0.338. The third-order valence-electron chi connectivity index (χ3n) is 2.36. The number of rotatable bonds is 4. The molecule has 0 fully saturated rings. The van der Waals surface area contributed by atoms with Gasteiger partial charge in [0.25, 0.3) is 0 Å². The number of aromatic nitrogens is 1. The van der Waals surface area contributed by atoms with E-state index >= 15 is 0 Å². The predicted octanol–water partition coefficient (Wildman–Crippen LogP) is 1.26. The lowest BCUT2D eigenvalue weighted by molar-refractivity contribution is -0.684. The zero-order chi connectivity index (χ0) is 13.5. The van der Waals surface area contributed by atoms with Gasteiger partial charge in [-0.2, -0.15) is 9.67 Å². The number of nitrogens with one attached hydrogen (secondary N) is 1. The SMILES string of the molecule is O=C(C[n+]1ccccc1)N/N=C\c1cccc(F)c1. The summed E-state index contributed by atoms with van der Waals surface area (Å²) in [5.74, 6) is -0.584. The van der Waals surface area contributed by atoms with Crippen molar-refractivity contribution in [3.8, 4) is 0 Å². The molecule has 5 heteroatoms. The second-order valence-corrected chi connectivity index (χ2v) is 3.90. The quantitative estimate of drug-likeness (QED) is 0.501. The first-order valence-corrected chi connectivity index (χ1v) is 5.75. The van der Waals surface area contributed by atoms with Gasteiger partial charge in [-0.25, -0.2) is 9.82 Å². The monoisotopic (exact) mass is 258 g/mol. The largest absolute Gasteiger partial charge is 0.305 e. The van der Waals surface area contributed by atoms with Gasteiger partial charge in [-0.05, 0) is 17.7 Å². The van der Waals surface area contributed by atoms with Gasteiger partial charge in [0.1, 0.15) is 5.82 Å². The van der Waals surface area contributed by atoms with E-state index in [1.807, 2.05) is 18.2 Å². The Morgan fingerprint density at radius 1 is 1.26 bits per heavy atom. The Bertz CT molecular complexity index is 584. The maximum atomic E-state index is 12.9. The van der Waals surface area contributed by atoms with E-state index in [1.54, 1.807) is 29.1 Å². The molecule has 2 rings (SSSR count). The minimum Gasteiger partial charge on any atom is -0.266 e. The molecule has 1 heterocycles. The van der Waals surface area contributed by atoms with Crippen molar-refractivity contribution in [3.63, 3.8) is 0 Å². The molecule has 0 saturated heterocycles. The van der Waals surface area contributed by atoms with Crippen LogP contribution in [0.2, 0.25) is 0 Å². The average molecular weight is 258 g/mol. The Morgan fingerprint density at radius 3 is 2.79 bits per heavy atom. The lowest BCUT2D eigenvalue weighted by Gasteiger charge is -1.96. The van der Waals surface area contributed by atoms with Gasteiger partial charge in [0.15, 0.2) is 12.4 Å². The van der Waals surface area contributed by atoms with E-state index in [1.165, 1.54) is 18.3 Å². The highest BCUT2D eigenvalue weighted by molar-refractivity contribution is 5.81. The van der Waals surface area contributed by atoms with Crippen LogP contribution in [0, 0.1) is 5.82 Å². The molecule has 0 radical (unpaired) electrons. The summed E-state index contributed by atoms with van der Waals surface area (Å²) in [6, 6.07) is 11.5. The van der Waals surface area contributed by atoms with Gasteiger partial charge in [-0.15, -0.1) is 0 Å². The molecule has 4 nitrogen and oxygen atoms in total. The van der Waals surface area contributed by atoms with Crippen LogP contribution in [0.3, 0.4) is 0 Å². The molecule has 2 aromatic rings. The first kappa shape index (κ1) is 12.9. The van der Waals surface area contributed by atoms with Crippen molar-refractivity contribution in [1.29, 1.82) is 0 Å². The highest BCUT2D eigenvalue weighted by Gasteiger charge is 2.06. The zero-order valence-corrected chi connectivity index (χ0v) is 10.2. The normalized spacial score (nSPS) is 10.6. The summed E-state index contributed by atoms with van der Waals surface area (Å²) < 4.78 is 14.6. The van der Waals surface area contributed by atoms with E-state index in [0.717, 1.165) is 0 Å². The van der Waals surface area contributed by atoms with Crippen LogP contribution < -0.4 is 9.99 Å². The van der Waals surface area contributed by atoms with Crippen molar-refractivity contribution in [1.82, 2.24) is 5.43 Å². The number of amides is 1. The molecule has 0 saturated carbocycles. The lowest BCUT2D eigenvalue weighted by atomic mass is 10.2. The number of nitrogens with zero attached hydrogens (tertiary/aromatic N) is 2. The molecule has 1 aromatic carbocycles. The molecule has 0 aliphatic rings. The molecular formula is C14H13FN3O+. The third kappa shape index (κ3) is 4.31. The molecule has 0 aliphatic carbocycles. The number of carbonyl (C=O) groups excluding carboxylic acids is 1. The molecular weight excluding hydrogens is 245 g/mol. The minimum absolute atomic E-state index is 0.182. The van der Waals surface area contributed by atoms with Crippen molar-refractivity contribution < 1.29 is 13.8 Å². The second kappa shape index (κ2) is 6.39. The summed E-state index contributed by atoms with van der Waals surface area (Å²) in [5, 5.41) is 3.77. The number of hydrazone groups is 1. The van der Waals surface area contributed by atoms with Gasteiger partial charge >= 0.3 is 5.91 Å². The Balaban J connectivity index is 1.87. The number of benzene rings is 1. The lowest BCUT2D eigenvalue weighted by Crippen LogP contribution is -2.40. The number of halogens is 1. The highest BCUT2D eigenvalue weighted by atomic mass is 19.1. The molecule has 1 amide bonds. The van der Waals surface area contributed by atoms with Crippen LogP contribution in [0.15, 0.2) is 60.0 Å². The first-order chi connectivity index (χ1) is 9.24. The van der Waals surface area contributed by atoms with E-state index in [-0.39, 0.29) is 18.3 Å². The fraction of sp³-hybridized carbons (Fsp3) is 0.0714. The van der Waals surface area contributed by atoms with Crippen LogP contribution in [-0.4, -0.2) is 12.1 Å². The molecule has 96 valence electrons. The summed E-state index contributed by atoms with van der Waals surface area (Å²) in [5.41, 5.74) is 2.98.